The summed E-state index contributed by atoms with van der Waals surface area (Å²) in [5.74, 6) is -0.664. The third-order valence-electron chi connectivity index (χ3n) is 7.73. The van der Waals surface area contributed by atoms with Gasteiger partial charge in [-0.15, -0.1) is 0 Å². The Labute approximate surface area is 260 Å². The number of carbonyl (C=O) groups is 2. The molecule has 13 heteroatoms. The van der Waals surface area contributed by atoms with Gasteiger partial charge in [0, 0.05) is 42.4 Å². The molecule has 0 unspecified atom stereocenters. The van der Waals surface area contributed by atoms with Crippen LogP contribution < -0.4 is 38.3 Å². The van der Waals surface area contributed by atoms with E-state index >= 15 is 0 Å². The van der Waals surface area contributed by atoms with Crippen LogP contribution in [-0.4, -0.2) is 63.3 Å². The zero-order valence-corrected chi connectivity index (χ0v) is 24.6. The molecule has 0 bridgehead atoms. The van der Waals surface area contributed by atoms with Crippen molar-refractivity contribution >= 4 is 17.9 Å². The molecule has 2 aromatic heterocycles. The summed E-state index contributed by atoms with van der Waals surface area (Å²) >= 11 is 0. The number of carboxylic acid groups (broad SMARTS) is 1. The van der Waals surface area contributed by atoms with Crippen molar-refractivity contribution in [2.24, 2.45) is 5.41 Å². The number of amides is 1. The minimum absolute atomic E-state index is 0. The maximum atomic E-state index is 13.6. The summed E-state index contributed by atoms with van der Waals surface area (Å²) in [5, 5.41) is 11.5. The zero-order valence-electron chi connectivity index (χ0n) is 24.6. The first kappa shape index (κ1) is 30.6. The number of rotatable bonds is 6. The van der Waals surface area contributed by atoms with E-state index in [1.807, 2.05) is 26.8 Å². The van der Waals surface area contributed by atoms with E-state index in [2.05, 4.69) is 19.9 Å². The molecule has 2 aliphatic heterocycles. The van der Waals surface area contributed by atoms with E-state index in [4.69, 9.17) is 14.2 Å². The number of halogens is 1. The molecular weight excluding hydrogens is 552 g/mol. The molecule has 1 amide bonds. The van der Waals surface area contributed by atoms with E-state index in [1.54, 1.807) is 11.1 Å². The predicted octanol–water partition coefficient (Wildman–Crippen LogP) is 0.512. The number of hydrogen-bond acceptors (Lipinski definition) is 10. The summed E-state index contributed by atoms with van der Waals surface area (Å²) < 4.78 is 31.3. The van der Waals surface area contributed by atoms with E-state index in [0.717, 1.165) is 55.1 Å². The fourth-order valence-corrected chi connectivity index (χ4v) is 5.85. The normalized spacial score (nSPS) is 17.2. The Hall–Kier alpha value is -3.88. The minimum atomic E-state index is -1.54. The molecule has 0 N–H and O–H groups in total. The van der Waals surface area contributed by atoms with Crippen LogP contribution in [0.15, 0.2) is 43.0 Å². The standard InChI is InChI=1S/C30H32FN5O6.Li/c1-29(2,3)42-28(39)35-9-7-20-22(14-35)33-8-6-24(20)40-19-11-30(12-19)15-36(16-30)26-25(13-32-17-34-26)41-23-5-4-18(31)10-21(23)27(37)38;/h4-6,8,10,13,17,19H,7,9,11-12,14-16H2,1-3H3,(H,37,38);/q;+1/p-1. The largest absolute Gasteiger partial charge is 1.00 e. The number of nitrogens with zero attached hydrogens (tertiary/aromatic N) is 5. The Bertz CT molecular complexity index is 1540. The SMILES string of the molecule is CC(C)(C)OC(=O)N1CCc2c(OC3CC4(C3)CN(c3ncncc3Oc3ccc(F)cc3C(=O)[O-])C4)ccnc2C1.[Li+]. The number of anilines is 1. The minimum Gasteiger partial charge on any atom is -0.545 e. The van der Waals surface area contributed by atoms with Gasteiger partial charge in [0.25, 0.3) is 0 Å². The van der Waals surface area contributed by atoms with Gasteiger partial charge in [0.2, 0.25) is 0 Å². The van der Waals surface area contributed by atoms with Gasteiger partial charge in [-0.1, -0.05) is 0 Å². The monoisotopic (exact) mass is 583 g/mol. The van der Waals surface area contributed by atoms with Crippen molar-refractivity contribution in [2.45, 2.75) is 58.3 Å². The molecule has 4 heterocycles. The van der Waals surface area contributed by atoms with Crippen LogP contribution in [0.25, 0.3) is 0 Å². The smallest absolute Gasteiger partial charge is 0.545 e. The summed E-state index contributed by atoms with van der Waals surface area (Å²) in [6, 6.07) is 5.12. The molecule has 1 saturated heterocycles. The molecule has 11 nitrogen and oxygen atoms in total. The van der Waals surface area contributed by atoms with Gasteiger partial charge in [0.1, 0.15) is 35.3 Å². The van der Waals surface area contributed by atoms with Gasteiger partial charge in [-0.25, -0.2) is 19.2 Å². The summed E-state index contributed by atoms with van der Waals surface area (Å²) in [5.41, 5.74) is 0.999. The fourth-order valence-electron chi connectivity index (χ4n) is 5.85. The van der Waals surface area contributed by atoms with Gasteiger partial charge >= 0.3 is 25.0 Å². The van der Waals surface area contributed by atoms with Crippen LogP contribution in [0.2, 0.25) is 0 Å². The van der Waals surface area contributed by atoms with Crippen LogP contribution >= 0.6 is 0 Å². The first-order chi connectivity index (χ1) is 20.0. The maximum Gasteiger partial charge on any atom is 1.00 e. The molecule has 43 heavy (non-hydrogen) atoms. The van der Waals surface area contributed by atoms with Crippen LogP contribution in [0, 0.1) is 11.2 Å². The number of pyridine rings is 1. The van der Waals surface area contributed by atoms with Gasteiger partial charge in [-0.3, -0.25) is 4.98 Å². The molecule has 220 valence electrons. The number of hydrogen-bond donors (Lipinski definition) is 0. The van der Waals surface area contributed by atoms with Crippen molar-refractivity contribution in [2.75, 3.05) is 24.5 Å². The molecule has 3 aromatic rings. The van der Waals surface area contributed by atoms with Crippen molar-refractivity contribution in [1.82, 2.24) is 19.9 Å². The number of fused-ring (bicyclic) bond motifs is 1. The Morgan fingerprint density at radius 1 is 1.09 bits per heavy atom. The summed E-state index contributed by atoms with van der Waals surface area (Å²) in [4.78, 5) is 40.6. The first-order valence-corrected chi connectivity index (χ1v) is 13.8. The van der Waals surface area contributed by atoms with Crippen molar-refractivity contribution in [1.29, 1.82) is 0 Å². The van der Waals surface area contributed by atoms with Crippen LogP contribution in [0.5, 0.6) is 17.2 Å². The second kappa shape index (κ2) is 11.7. The van der Waals surface area contributed by atoms with E-state index in [0.29, 0.717) is 25.3 Å². The van der Waals surface area contributed by atoms with Crippen LogP contribution in [0.4, 0.5) is 15.0 Å². The molecular formula is C30H31FLiN5O6. The number of aromatic carboxylic acids is 1. The topological polar surface area (TPSA) is 130 Å². The van der Waals surface area contributed by atoms with Crippen LogP contribution in [0.3, 0.4) is 0 Å². The van der Waals surface area contributed by atoms with Crippen molar-refractivity contribution in [3.63, 3.8) is 0 Å². The van der Waals surface area contributed by atoms with Gasteiger partial charge in [-0.05, 0) is 64.3 Å². The number of benzene rings is 1. The summed E-state index contributed by atoms with van der Waals surface area (Å²) in [7, 11) is 0. The molecule has 6 rings (SSSR count). The van der Waals surface area contributed by atoms with E-state index < -0.39 is 17.4 Å². The third-order valence-corrected chi connectivity index (χ3v) is 7.73. The summed E-state index contributed by atoms with van der Waals surface area (Å²) in [6.07, 6.45) is 6.69. The molecule has 1 saturated carbocycles. The quantitative estimate of drug-likeness (QED) is 0.379. The predicted molar refractivity (Wildman–Crippen MR) is 146 cm³/mol. The Kier molecular flexibility index (Phi) is 8.29. The molecule has 3 aliphatic rings. The molecule has 0 atom stereocenters. The van der Waals surface area contributed by atoms with Crippen molar-refractivity contribution in [3.05, 3.63) is 65.6 Å². The number of ether oxygens (including phenoxy) is 3. The van der Waals surface area contributed by atoms with E-state index in [1.165, 1.54) is 18.6 Å². The average molecular weight is 584 g/mol. The van der Waals surface area contributed by atoms with Crippen molar-refractivity contribution in [3.8, 4) is 17.2 Å². The third kappa shape index (κ3) is 6.40. The zero-order chi connectivity index (χ0) is 29.6. The molecule has 1 spiro atoms. The Morgan fingerprint density at radius 3 is 2.58 bits per heavy atom. The average Bonchev–Trinajstić information content (AvgIpc) is 2.89. The Morgan fingerprint density at radius 2 is 1.86 bits per heavy atom. The van der Waals surface area contributed by atoms with Gasteiger partial charge in [0.05, 0.1) is 24.4 Å². The maximum absolute atomic E-state index is 13.6. The van der Waals surface area contributed by atoms with E-state index in [9.17, 15) is 19.1 Å². The number of aromatic nitrogens is 3. The molecule has 1 aromatic carbocycles. The van der Waals surface area contributed by atoms with Crippen LogP contribution in [0.1, 0.15) is 55.2 Å². The summed E-state index contributed by atoms with van der Waals surface area (Å²) in [6.45, 7) is 7.94. The molecule has 1 aliphatic carbocycles. The van der Waals surface area contributed by atoms with Gasteiger partial charge in [0.15, 0.2) is 11.6 Å². The first-order valence-electron chi connectivity index (χ1n) is 13.8. The molecule has 2 fully saturated rings. The second-order valence-corrected chi connectivity index (χ2v) is 12.1. The Balaban J connectivity index is 0.00000368. The number of carbonyl (C=O) groups excluding carboxylic acids is 2. The second-order valence-electron chi connectivity index (χ2n) is 12.1. The van der Waals surface area contributed by atoms with Crippen LogP contribution in [-0.2, 0) is 17.7 Å². The fraction of sp³-hybridized carbons (Fsp3) is 0.433. The van der Waals surface area contributed by atoms with E-state index in [-0.39, 0.29) is 53.5 Å². The van der Waals surface area contributed by atoms with Gasteiger partial charge < -0.3 is 33.9 Å². The molecule has 0 radical (unpaired) electrons. The van der Waals surface area contributed by atoms with Gasteiger partial charge in [-0.2, -0.15) is 0 Å². The number of carboxylic acids is 1. The van der Waals surface area contributed by atoms with Crippen molar-refractivity contribution < 1.29 is 52.2 Å².